The Morgan fingerprint density at radius 1 is 0.333 bits per heavy atom. The summed E-state index contributed by atoms with van der Waals surface area (Å²) in [4.78, 5) is 0. The highest BCUT2D eigenvalue weighted by atomic mass is 31.2. The summed E-state index contributed by atoms with van der Waals surface area (Å²) in [5.74, 6) is 0. The summed E-state index contributed by atoms with van der Waals surface area (Å²) in [6, 6.07) is 56.7. The maximum atomic E-state index is 15.3. The van der Waals surface area contributed by atoms with E-state index in [9.17, 15) is 0 Å². The number of rotatable bonds is 4. The molecule has 0 spiro atoms. The van der Waals surface area contributed by atoms with E-state index in [2.05, 4.69) is 103 Å². The second kappa shape index (κ2) is 9.84. The number of fused-ring (bicyclic) bond motifs is 7. The van der Waals surface area contributed by atoms with E-state index in [4.69, 9.17) is 0 Å². The lowest BCUT2D eigenvalue weighted by molar-refractivity contribution is 0.592. The first-order chi connectivity index (χ1) is 20.7. The molecule has 0 aromatic heterocycles. The lowest BCUT2D eigenvalue weighted by Gasteiger charge is -2.23. The molecule has 0 atom stereocenters. The minimum Gasteiger partial charge on any atom is -0.309 e. The fourth-order valence-electron chi connectivity index (χ4n) is 6.59. The Morgan fingerprint density at radius 2 is 0.762 bits per heavy atom. The zero-order chi connectivity index (χ0) is 28.1. The van der Waals surface area contributed by atoms with E-state index in [1.807, 2.05) is 60.7 Å². The summed E-state index contributed by atoms with van der Waals surface area (Å²) < 4.78 is 15.3. The van der Waals surface area contributed by atoms with Crippen LogP contribution in [0, 0.1) is 0 Å². The molecule has 0 aliphatic rings. The Balaban J connectivity index is 1.40. The van der Waals surface area contributed by atoms with Gasteiger partial charge in [-0.1, -0.05) is 152 Å². The zero-order valence-corrected chi connectivity index (χ0v) is 23.8. The van der Waals surface area contributed by atoms with Gasteiger partial charge in [0.15, 0.2) is 7.14 Å². The average molecular weight is 555 g/mol. The quantitative estimate of drug-likeness (QED) is 0.156. The van der Waals surface area contributed by atoms with Crippen molar-refractivity contribution in [1.82, 2.24) is 0 Å². The van der Waals surface area contributed by atoms with E-state index >= 15 is 4.57 Å². The van der Waals surface area contributed by atoms with E-state index in [0.717, 1.165) is 37.8 Å². The maximum absolute atomic E-state index is 15.3. The van der Waals surface area contributed by atoms with Crippen LogP contribution in [0.2, 0.25) is 0 Å². The number of benzene rings is 8. The van der Waals surface area contributed by atoms with E-state index in [1.54, 1.807) is 0 Å². The fraction of sp³-hybridized carbons (Fsp3) is 0. The molecular weight excluding hydrogens is 527 g/mol. The van der Waals surface area contributed by atoms with Gasteiger partial charge in [-0.3, -0.25) is 0 Å². The first-order valence-electron chi connectivity index (χ1n) is 14.3. The first-order valence-corrected chi connectivity index (χ1v) is 16.0. The molecule has 0 heterocycles. The van der Waals surface area contributed by atoms with E-state index in [0.29, 0.717) is 0 Å². The SMILES string of the molecule is O=P(c1ccccc1)(c1ccccc1)c1ccc(-c2ccc3c4ccccc4c4ccccc4c3c2)c2ccccc12. The molecule has 8 aromatic rings. The van der Waals surface area contributed by atoms with Crippen LogP contribution in [0.4, 0.5) is 0 Å². The Kier molecular flexibility index (Phi) is 5.81. The molecule has 8 rings (SSSR count). The van der Waals surface area contributed by atoms with Gasteiger partial charge in [0.05, 0.1) is 0 Å². The summed E-state index contributed by atoms with van der Waals surface area (Å²) in [5, 5.41) is 12.3. The van der Waals surface area contributed by atoms with Crippen LogP contribution in [0.5, 0.6) is 0 Å². The van der Waals surface area contributed by atoms with Crippen molar-refractivity contribution in [2.24, 2.45) is 0 Å². The van der Waals surface area contributed by atoms with Gasteiger partial charge in [-0.2, -0.15) is 0 Å². The molecular formula is C40H27OP. The third-order valence-electron chi connectivity index (χ3n) is 8.54. The molecule has 0 bridgehead atoms. The minimum absolute atomic E-state index is 0.846. The lowest BCUT2D eigenvalue weighted by atomic mass is 9.91. The highest BCUT2D eigenvalue weighted by Crippen LogP contribution is 2.46. The van der Waals surface area contributed by atoms with Gasteiger partial charge in [0.1, 0.15) is 0 Å². The molecule has 0 unspecified atom stereocenters. The van der Waals surface area contributed by atoms with E-state index in [1.165, 1.54) is 32.3 Å². The Morgan fingerprint density at radius 3 is 1.31 bits per heavy atom. The normalized spacial score (nSPS) is 11.9. The van der Waals surface area contributed by atoms with Crippen molar-refractivity contribution in [3.8, 4) is 11.1 Å². The van der Waals surface area contributed by atoms with Gasteiger partial charge >= 0.3 is 0 Å². The van der Waals surface area contributed by atoms with Crippen molar-refractivity contribution in [3.63, 3.8) is 0 Å². The van der Waals surface area contributed by atoms with Gasteiger partial charge in [-0.05, 0) is 66.3 Å². The largest absolute Gasteiger partial charge is 0.309 e. The molecule has 8 aromatic carbocycles. The predicted molar refractivity (Wildman–Crippen MR) is 181 cm³/mol. The Hall–Kier alpha value is -4.97. The van der Waals surface area contributed by atoms with Crippen molar-refractivity contribution in [2.75, 3.05) is 0 Å². The van der Waals surface area contributed by atoms with Gasteiger partial charge in [0.25, 0.3) is 0 Å². The van der Waals surface area contributed by atoms with Crippen LogP contribution in [-0.4, -0.2) is 0 Å². The highest BCUT2D eigenvalue weighted by molar-refractivity contribution is 7.85. The topological polar surface area (TPSA) is 17.1 Å². The van der Waals surface area contributed by atoms with Crippen LogP contribution in [0.25, 0.3) is 54.2 Å². The fourth-order valence-corrected chi connectivity index (χ4v) is 9.44. The molecule has 2 heteroatoms. The lowest BCUT2D eigenvalue weighted by Crippen LogP contribution is -2.25. The Bertz CT molecular complexity index is 2240. The molecule has 42 heavy (non-hydrogen) atoms. The molecule has 0 aliphatic carbocycles. The van der Waals surface area contributed by atoms with E-state index in [-0.39, 0.29) is 0 Å². The summed E-state index contributed by atoms with van der Waals surface area (Å²) in [6.45, 7) is 0. The number of hydrogen-bond acceptors (Lipinski definition) is 1. The van der Waals surface area contributed by atoms with Crippen molar-refractivity contribution < 1.29 is 4.57 Å². The predicted octanol–water partition coefficient (Wildman–Crippen LogP) is 9.61. The van der Waals surface area contributed by atoms with Crippen LogP contribution in [0.15, 0.2) is 164 Å². The van der Waals surface area contributed by atoms with Crippen molar-refractivity contribution in [1.29, 1.82) is 0 Å². The third kappa shape index (κ3) is 3.75. The van der Waals surface area contributed by atoms with Gasteiger partial charge in [-0.25, -0.2) is 0 Å². The zero-order valence-electron chi connectivity index (χ0n) is 22.9. The average Bonchev–Trinajstić information content (AvgIpc) is 3.08. The van der Waals surface area contributed by atoms with Gasteiger partial charge in [0.2, 0.25) is 0 Å². The minimum atomic E-state index is -3.13. The van der Waals surface area contributed by atoms with Gasteiger partial charge in [-0.15, -0.1) is 0 Å². The summed E-state index contributed by atoms with van der Waals surface area (Å²) in [6.07, 6.45) is 0. The maximum Gasteiger partial charge on any atom is 0.171 e. The first kappa shape index (κ1) is 24.8. The van der Waals surface area contributed by atoms with Crippen LogP contribution >= 0.6 is 7.14 Å². The third-order valence-corrected chi connectivity index (χ3v) is 11.7. The summed E-state index contributed by atoms with van der Waals surface area (Å²) in [7, 11) is -3.13. The molecule has 1 nitrogen and oxygen atoms in total. The van der Waals surface area contributed by atoms with Gasteiger partial charge in [0, 0.05) is 15.9 Å². The van der Waals surface area contributed by atoms with Crippen LogP contribution < -0.4 is 15.9 Å². The van der Waals surface area contributed by atoms with Crippen LogP contribution in [0.1, 0.15) is 0 Å². The molecule has 0 amide bonds. The van der Waals surface area contributed by atoms with Crippen molar-refractivity contribution in [2.45, 2.75) is 0 Å². The number of hydrogen-bond donors (Lipinski definition) is 0. The standard InChI is InChI=1S/C40H27OP/c41-42(29-13-3-1-4-14-29,30-15-5-2-6-16-30)40-26-25-31(32-17-11-12-22-38(32)40)28-23-24-37-35-20-8-7-18-33(35)34-19-9-10-21-36(34)39(37)27-28/h1-27H. The van der Waals surface area contributed by atoms with Crippen LogP contribution in [-0.2, 0) is 4.57 Å². The second-order valence-corrected chi connectivity index (χ2v) is 13.5. The van der Waals surface area contributed by atoms with Crippen molar-refractivity contribution in [3.05, 3.63) is 164 Å². The molecule has 0 aliphatic heterocycles. The Labute approximate surface area is 245 Å². The highest BCUT2D eigenvalue weighted by Gasteiger charge is 2.31. The van der Waals surface area contributed by atoms with Gasteiger partial charge < -0.3 is 4.57 Å². The summed E-state index contributed by atoms with van der Waals surface area (Å²) in [5.41, 5.74) is 2.29. The van der Waals surface area contributed by atoms with Crippen molar-refractivity contribution >= 4 is 66.1 Å². The summed E-state index contributed by atoms with van der Waals surface area (Å²) >= 11 is 0. The second-order valence-electron chi connectivity index (χ2n) is 10.8. The monoisotopic (exact) mass is 554 g/mol. The molecule has 0 saturated carbocycles. The molecule has 198 valence electrons. The molecule has 0 saturated heterocycles. The molecule has 0 radical (unpaired) electrons. The molecule has 0 fully saturated rings. The van der Waals surface area contributed by atoms with Crippen LogP contribution in [0.3, 0.4) is 0 Å². The molecule has 0 N–H and O–H groups in total. The smallest absolute Gasteiger partial charge is 0.171 e. The van der Waals surface area contributed by atoms with E-state index < -0.39 is 7.14 Å².